The molecule has 276 valence electrons. The highest BCUT2D eigenvalue weighted by Crippen LogP contribution is 2.32. The van der Waals surface area contributed by atoms with Gasteiger partial charge in [-0.05, 0) is 62.1 Å². The lowest BCUT2D eigenvalue weighted by Crippen LogP contribution is -2.49. The highest BCUT2D eigenvalue weighted by atomic mass is 32.2. The maximum Gasteiger partial charge on any atom is 0.322 e. The number of piperidine rings is 2. The van der Waals surface area contributed by atoms with E-state index in [1.165, 1.54) is 24.3 Å². The van der Waals surface area contributed by atoms with Gasteiger partial charge in [0.05, 0.1) is 16.1 Å². The van der Waals surface area contributed by atoms with E-state index in [1.807, 2.05) is 19.9 Å². The molecule has 0 bridgehead atoms. The van der Waals surface area contributed by atoms with Gasteiger partial charge in [-0.3, -0.25) is 9.69 Å². The Bertz CT molecular complexity index is 1830. The molecule has 0 saturated carbocycles. The molecular formula is C35H42F4N6O5S. The number of carbonyl (C=O) groups is 2. The van der Waals surface area contributed by atoms with Crippen LogP contribution < -0.4 is 15.8 Å². The molecule has 0 spiro atoms. The molecule has 0 radical (unpaired) electrons. The number of hydrogen-bond donors (Lipinski definition) is 2. The summed E-state index contributed by atoms with van der Waals surface area (Å²) in [7, 11) is -3.90. The van der Waals surface area contributed by atoms with Gasteiger partial charge in [-0.1, -0.05) is 19.4 Å². The number of ether oxygens (including phenoxy) is 1. The maximum absolute atomic E-state index is 14.5. The maximum atomic E-state index is 14.5. The van der Waals surface area contributed by atoms with Crippen molar-refractivity contribution in [2.45, 2.75) is 75.8 Å². The van der Waals surface area contributed by atoms with E-state index in [1.54, 1.807) is 11.0 Å². The summed E-state index contributed by atoms with van der Waals surface area (Å²) in [6.45, 7) is 5.81. The van der Waals surface area contributed by atoms with Crippen LogP contribution in [-0.4, -0.2) is 84.1 Å². The van der Waals surface area contributed by atoms with Crippen molar-refractivity contribution >= 4 is 27.6 Å². The fourth-order valence-electron chi connectivity index (χ4n) is 6.22. The molecule has 11 nitrogen and oxygen atoms in total. The summed E-state index contributed by atoms with van der Waals surface area (Å²) < 4.78 is 88.3. The van der Waals surface area contributed by atoms with Gasteiger partial charge in [-0.25, -0.2) is 35.8 Å². The van der Waals surface area contributed by atoms with Gasteiger partial charge in [0.25, 0.3) is 11.8 Å². The Kier molecular flexibility index (Phi) is 11.9. The Morgan fingerprint density at radius 1 is 1.02 bits per heavy atom. The van der Waals surface area contributed by atoms with Crippen LogP contribution in [0.3, 0.4) is 0 Å². The van der Waals surface area contributed by atoms with Crippen molar-refractivity contribution in [2.75, 3.05) is 38.0 Å². The predicted octanol–water partition coefficient (Wildman–Crippen LogP) is 6.28. The van der Waals surface area contributed by atoms with Gasteiger partial charge in [0, 0.05) is 76.0 Å². The monoisotopic (exact) mass is 734 g/mol. The second-order valence-corrected chi connectivity index (χ2v) is 14.8. The minimum absolute atomic E-state index is 0.00185. The van der Waals surface area contributed by atoms with Crippen LogP contribution in [0.1, 0.15) is 67.1 Å². The first-order valence-electron chi connectivity index (χ1n) is 16.9. The van der Waals surface area contributed by atoms with Crippen molar-refractivity contribution in [3.8, 4) is 11.6 Å². The summed E-state index contributed by atoms with van der Waals surface area (Å²) in [6, 6.07) is 10.2. The molecule has 0 atom stereocenters. The third-order valence-corrected chi connectivity index (χ3v) is 11.2. The van der Waals surface area contributed by atoms with E-state index in [2.05, 4.69) is 15.2 Å². The average molecular weight is 735 g/mol. The zero-order valence-electron chi connectivity index (χ0n) is 28.5. The second-order valence-electron chi connectivity index (χ2n) is 12.9. The molecule has 2 fully saturated rings. The fourth-order valence-corrected chi connectivity index (χ4v) is 7.66. The number of halogens is 4. The highest BCUT2D eigenvalue weighted by molar-refractivity contribution is 7.89. The molecular weight excluding hydrogens is 692 g/mol. The SMILES string of the molecule is CCCCN(C(=O)Nc1cc(C(N)=O)c(F)cc1F)C1CCN(Cc2ccc(Oc3ccc(S(=O)(=O)N4CCC(F)(F)CC4)cc3)nc2C)CC1. The topological polar surface area (TPSA) is 138 Å². The van der Waals surface area contributed by atoms with Crippen molar-refractivity contribution in [3.63, 3.8) is 0 Å². The number of primary amides is 1. The summed E-state index contributed by atoms with van der Waals surface area (Å²) >= 11 is 0. The van der Waals surface area contributed by atoms with Gasteiger partial charge in [-0.15, -0.1) is 0 Å². The smallest absolute Gasteiger partial charge is 0.322 e. The van der Waals surface area contributed by atoms with Gasteiger partial charge in [-0.2, -0.15) is 4.31 Å². The Hall–Kier alpha value is -4.28. The summed E-state index contributed by atoms with van der Waals surface area (Å²) in [5.74, 6) is -5.34. The molecule has 0 unspecified atom stereocenters. The molecule has 2 aromatic carbocycles. The standard InChI is InChI=1S/C35H42F4N6O5S/c1-3-4-15-45(34(47)42-31-20-28(33(40)46)29(36)21-30(31)37)25-11-16-43(17-12-25)22-24-5-10-32(41-23(24)2)50-26-6-8-27(9-7-26)51(48,49)44-18-13-35(38,39)14-19-44/h5-10,20-21,25H,3-4,11-19,22H2,1-2H3,(H2,40,46)(H,42,47). The molecule has 3 heterocycles. The number of nitrogens with zero attached hydrogens (tertiary/aromatic N) is 4. The summed E-state index contributed by atoms with van der Waals surface area (Å²) in [5, 5.41) is 2.50. The average Bonchev–Trinajstić information content (AvgIpc) is 3.08. The van der Waals surface area contributed by atoms with Gasteiger partial charge in [0.15, 0.2) is 0 Å². The quantitative estimate of drug-likeness (QED) is 0.209. The number of nitrogens with one attached hydrogen (secondary N) is 1. The number of aryl methyl sites for hydroxylation is 1. The van der Waals surface area contributed by atoms with E-state index < -0.39 is 57.9 Å². The lowest BCUT2D eigenvalue weighted by atomic mass is 10.0. The summed E-state index contributed by atoms with van der Waals surface area (Å²) in [5.41, 5.74) is 6.08. The van der Waals surface area contributed by atoms with Crippen LogP contribution in [0.2, 0.25) is 0 Å². The molecule has 2 aliphatic rings. The number of pyridine rings is 1. The molecule has 3 N–H and O–H groups in total. The van der Waals surface area contributed by atoms with Crippen molar-refractivity contribution in [3.05, 3.63) is 77.0 Å². The molecule has 2 saturated heterocycles. The zero-order valence-corrected chi connectivity index (χ0v) is 29.3. The number of aromatic nitrogens is 1. The third kappa shape index (κ3) is 9.34. The van der Waals surface area contributed by atoms with Crippen LogP contribution in [0.15, 0.2) is 53.4 Å². The molecule has 1 aromatic heterocycles. The van der Waals surface area contributed by atoms with Gasteiger partial charge < -0.3 is 20.7 Å². The largest absolute Gasteiger partial charge is 0.439 e. The Morgan fingerprint density at radius 3 is 2.29 bits per heavy atom. The Balaban J connectivity index is 1.16. The molecule has 3 amide bonds. The van der Waals surface area contributed by atoms with Crippen LogP contribution in [-0.2, 0) is 16.6 Å². The van der Waals surface area contributed by atoms with E-state index in [4.69, 9.17) is 10.5 Å². The fraction of sp³-hybridized carbons (Fsp3) is 0.457. The van der Waals surface area contributed by atoms with E-state index in [0.717, 1.165) is 34.5 Å². The van der Waals surface area contributed by atoms with Gasteiger partial charge in [0.2, 0.25) is 15.9 Å². The molecule has 3 aromatic rings. The Morgan fingerprint density at radius 2 is 1.69 bits per heavy atom. The predicted molar refractivity (Wildman–Crippen MR) is 182 cm³/mol. The number of hydrogen-bond acceptors (Lipinski definition) is 7. The minimum atomic E-state index is -3.90. The van der Waals surface area contributed by atoms with E-state index in [9.17, 15) is 35.6 Å². The number of carbonyl (C=O) groups excluding carboxylic acids is 2. The van der Waals surface area contributed by atoms with Crippen LogP contribution in [0.5, 0.6) is 11.6 Å². The van der Waals surface area contributed by atoms with Crippen LogP contribution in [0, 0.1) is 18.6 Å². The van der Waals surface area contributed by atoms with E-state index in [-0.39, 0.29) is 29.7 Å². The first kappa shape index (κ1) is 38.0. The molecule has 0 aliphatic carbocycles. The van der Waals surface area contributed by atoms with Gasteiger partial charge in [0.1, 0.15) is 17.4 Å². The van der Waals surface area contributed by atoms with Crippen LogP contribution in [0.4, 0.5) is 28.0 Å². The number of amides is 3. The zero-order chi connectivity index (χ0) is 36.9. The summed E-state index contributed by atoms with van der Waals surface area (Å²) in [6.07, 6.45) is 1.89. The van der Waals surface area contributed by atoms with Crippen molar-refractivity contribution < 1.29 is 40.3 Å². The van der Waals surface area contributed by atoms with Crippen LogP contribution >= 0.6 is 0 Å². The number of benzene rings is 2. The van der Waals surface area contributed by atoms with Crippen LogP contribution in [0.25, 0.3) is 0 Å². The number of unbranched alkanes of at least 4 members (excludes halogenated alkanes) is 1. The number of urea groups is 1. The first-order valence-corrected chi connectivity index (χ1v) is 18.3. The van der Waals surface area contributed by atoms with Gasteiger partial charge >= 0.3 is 6.03 Å². The lowest BCUT2D eigenvalue weighted by Gasteiger charge is -2.38. The number of nitrogens with two attached hydrogens (primary N) is 1. The number of anilines is 1. The lowest BCUT2D eigenvalue weighted by molar-refractivity contribution is -0.0412. The third-order valence-electron chi connectivity index (χ3n) is 9.28. The number of alkyl halides is 2. The first-order chi connectivity index (χ1) is 24.2. The molecule has 16 heteroatoms. The van der Waals surface area contributed by atoms with E-state index >= 15 is 0 Å². The molecule has 2 aliphatic heterocycles. The minimum Gasteiger partial charge on any atom is -0.439 e. The van der Waals surface area contributed by atoms with Crippen molar-refractivity contribution in [1.82, 2.24) is 19.1 Å². The van der Waals surface area contributed by atoms with E-state index in [0.29, 0.717) is 56.7 Å². The molecule has 51 heavy (non-hydrogen) atoms. The van der Waals surface area contributed by atoms with Crippen molar-refractivity contribution in [1.29, 1.82) is 0 Å². The Labute approximate surface area is 294 Å². The summed E-state index contributed by atoms with van der Waals surface area (Å²) in [4.78, 5) is 33.4. The highest BCUT2D eigenvalue weighted by Gasteiger charge is 2.38. The number of likely N-dealkylation sites (tertiary alicyclic amines) is 1. The second kappa shape index (κ2) is 15.9. The molecule has 5 rings (SSSR count). The number of rotatable bonds is 12. The number of sulfonamides is 1. The van der Waals surface area contributed by atoms with Crippen molar-refractivity contribution in [2.24, 2.45) is 5.73 Å². The normalized spacial score (nSPS) is 17.2.